The quantitative estimate of drug-likeness (QED) is 0.840. The third kappa shape index (κ3) is 4.71. The molecule has 0 radical (unpaired) electrons. The highest BCUT2D eigenvalue weighted by molar-refractivity contribution is 5.95. The van der Waals surface area contributed by atoms with E-state index >= 15 is 0 Å². The Morgan fingerprint density at radius 2 is 2.00 bits per heavy atom. The first-order valence-electron chi connectivity index (χ1n) is 6.79. The number of carbonyl (C=O) groups is 1. The SMILES string of the molecule is Cc1ccc(C#CCN)cc1C(=O)N(C)CC(C)(C)C. The molecule has 0 saturated heterocycles. The van der Waals surface area contributed by atoms with E-state index in [1.54, 1.807) is 4.90 Å². The number of hydrogen-bond donors (Lipinski definition) is 1. The summed E-state index contributed by atoms with van der Waals surface area (Å²) in [6, 6.07) is 5.69. The lowest BCUT2D eigenvalue weighted by atomic mass is 9.95. The fraction of sp³-hybridized carbons (Fsp3) is 0.471. The van der Waals surface area contributed by atoms with Crippen LogP contribution in [0.4, 0.5) is 0 Å². The molecule has 0 unspecified atom stereocenters. The molecular weight excluding hydrogens is 248 g/mol. The van der Waals surface area contributed by atoms with Crippen LogP contribution in [0, 0.1) is 24.2 Å². The lowest BCUT2D eigenvalue weighted by Gasteiger charge is -2.27. The number of rotatable bonds is 2. The molecule has 1 aromatic carbocycles. The molecule has 1 amide bonds. The number of nitrogens with two attached hydrogens (primary N) is 1. The third-order valence-electron chi connectivity index (χ3n) is 2.86. The molecule has 1 rings (SSSR count). The van der Waals surface area contributed by atoms with Crippen molar-refractivity contribution in [3.05, 3.63) is 34.9 Å². The third-order valence-corrected chi connectivity index (χ3v) is 2.86. The van der Waals surface area contributed by atoms with Crippen LogP contribution in [-0.4, -0.2) is 30.9 Å². The van der Waals surface area contributed by atoms with Crippen LogP contribution in [0.2, 0.25) is 0 Å². The van der Waals surface area contributed by atoms with Crippen molar-refractivity contribution in [2.24, 2.45) is 11.1 Å². The molecular formula is C17H24N2O. The molecule has 1 aromatic rings. The Bertz CT molecular complexity index is 544. The zero-order valence-corrected chi connectivity index (χ0v) is 13.1. The largest absolute Gasteiger partial charge is 0.341 e. The first-order chi connectivity index (χ1) is 9.24. The second kappa shape index (κ2) is 6.58. The molecule has 0 aromatic heterocycles. The predicted molar refractivity (Wildman–Crippen MR) is 83.5 cm³/mol. The minimum absolute atomic E-state index is 0.0359. The van der Waals surface area contributed by atoms with Crippen molar-refractivity contribution < 1.29 is 4.79 Å². The normalized spacial score (nSPS) is 10.7. The Kier molecular flexibility index (Phi) is 5.35. The number of amides is 1. The summed E-state index contributed by atoms with van der Waals surface area (Å²) in [6.45, 7) is 9.33. The second-order valence-electron chi connectivity index (χ2n) is 6.26. The zero-order valence-electron chi connectivity index (χ0n) is 13.1. The fourth-order valence-corrected chi connectivity index (χ4v) is 2.07. The molecule has 3 heteroatoms. The van der Waals surface area contributed by atoms with Gasteiger partial charge < -0.3 is 10.6 Å². The molecule has 20 heavy (non-hydrogen) atoms. The van der Waals surface area contributed by atoms with Gasteiger partial charge in [0, 0.05) is 24.7 Å². The average Bonchev–Trinajstić information content (AvgIpc) is 2.35. The highest BCUT2D eigenvalue weighted by Gasteiger charge is 2.20. The van der Waals surface area contributed by atoms with Gasteiger partial charge in [-0.2, -0.15) is 0 Å². The molecule has 2 N–H and O–H groups in total. The van der Waals surface area contributed by atoms with Gasteiger partial charge in [0.2, 0.25) is 0 Å². The predicted octanol–water partition coefficient (Wildman–Crippen LogP) is 2.42. The highest BCUT2D eigenvalue weighted by Crippen LogP contribution is 2.18. The summed E-state index contributed by atoms with van der Waals surface area (Å²) in [5, 5.41) is 0. The van der Waals surface area contributed by atoms with Crippen LogP contribution in [0.15, 0.2) is 18.2 Å². The van der Waals surface area contributed by atoms with Crippen molar-refractivity contribution in [2.45, 2.75) is 27.7 Å². The first kappa shape index (κ1) is 16.3. The Morgan fingerprint density at radius 1 is 1.35 bits per heavy atom. The van der Waals surface area contributed by atoms with Crippen LogP contribution >= 0.6 is 0 Å². The Hall–Kier alpha value is -1.79. The topological polar surface area (TPSA) is 46.3 Å². The van der Waals surface area contributed by atoms with Gasteiger partial charge in [-0.3, -0.25) is 4.79 Å². The van der Waals surface area contributed by atoms with Gasteiger partial charge in [-0.05, 0) is 30.0 Å². The number of carbonyl (C=O) groups excluding carboxylic acids is 1. The van der Waals surface area contributed by atoms with Crippen LogP contribution in [0.1, 0.15) is 42.3 Å². The Morgan fingerprint density at radius 3 is 2.55 bits per heavy atom. The molecule has 0 heterocycles. The van der Waals surface area contributed by atoms with Crippen LogP contribution in [0.3, 0.4) is 0 Å². The molecule has 0 aliphatic rings. The summed E-state index contributed by atoms with van der Waals surface area (Å²) in [7, 11) is 1.84. The van der Waals surface area contributed by atoms with E-state index in [1.807, 2.05) is 32.2 Å². The molecule has 0 fully saturated rings. The summed E-state index contributed by atoms with van der Waals surface area (Å²) < 4.78 is 0. The van der Waals surface area contributed by atoms with Gasteiger partial charge in [-0.1, -0.05) is 38.7 Å². The van der Waals surface area contributed by atoms with E-state index in [0.717, 1.165) is 11.1 Å². The van der Waals surface area contributed by atoms with Gasteiger partial charge in [0.05, 0.1) is 6.54 Å². The van der Waals surface area contributed by atoms with Gasteiger partial charge in [0.25, 0.3) is 5.91 Å². The monoisotopic (exact) mass is 272 g/mol. The van der Waals surface area contributed by atoms with Gasteiger partial charge in [0.15, 0.2) is 0 Å². The maximum atomic E-state index is 12.5. The van der Waals surface area contributed by atoms with E-state index in [9.17, 15) is 4.79 Å². The van der Waals surface area contributed by atoms with Crippen molar-refractivity contribution >= 4 is 5.91 Å². The van der Waals surface area contributed by atoms with Crippen LogP contribution < -0.4 is 5.73 Å². The van der Waals surface area contributed by atoms with E-state index < -0.39 is 0 Å². The summed E-state index contributed by atoms with van der Waals surface area (Å²) in [5.41, 5.74) is 7.95. The summed E-state index contributed by atoms with van der Waals surface area (Å²) in [5.74, 6) is 5.81. The lowest BCUT2D eigenvalue weighted by molar-refractivity contribution is 0.0745. The van der Waals surface area contributed by atoms with Gasteiger partial charge >= 0.3 is 0 Å². The zero-order chi connectivity index (χ0) is 15.3. The van der Waals surface area contributed by atoms with Crippen LogP contribution in [0.5, 0.6) is 0 Å². The van der Waals surface area contributed by atoms with Crippen molar-refractivity contribution in [1.29, 1.82) is 0 Å². The molecule has 3 nitrogen and oxygen atoms in total. The molecule has 0 atom stereocenters. The summed E-state index contributed by atoms with van der Waals surface area (Å²) >= 11 is 0. The highest BCUT2D eigenvalue weighted by atomic mass is 16.2. The Labute approximate surface area is 122 Å². The number of nitrogens with zero attached hydrogens (tertiary/aromatic N) is 1. The van der Waals surface area contributed by atoms with Gasteiger partial charge in [0.1, 0.15) is 0 Å². The van der Waals surface area contributed by atoms with E-state index in [4.69, 9.17) is 5.73 Å². The second-order valence-corrected chi connectivity index (χ2v) is 6.26. The van der Waals surface area contributed by atoms with E-state index in [-0.39, 0.29) is 11.3 Å². The van der Waals surface area contributed by atoms with Crippen LogP contribution in [-0.2, 0) is 0 Å². The smallest absolute Gasteiger partial charge is 0.253 e. The number of aryl methyl sites for hydroxylation is 1. The molecule has 0 aliphatic carbocycles. The molecule has 0 saturated carbocycles. The summed E-state index contributed by atoms with van der Waals surface area (Å²) in [4.78, 5) is 14.3. The maximum absolute atomic E-state index is 12.5. The molecule has 0 bridgehead atoms. The van der Waals surface area contributed by atoms with Gasteiger partial charge in [-0.15, -0.1) is 0 Å². The number of hydrogen-bond acceptors (Lipinski definition) is 2. The van der Waals surface area contributed by atoms with Crippen molar-refractivity contribution in [2.75, 3.05) is 20.1 Å². The van der Waals surface area contributed by atoms with Crippen molar-refractivity contribution in [3.8, 4) is 11.8 Å². The maximum Gasteiger partial charge on any atom is 0.253 e. The van der Waals surface area contributed by atoms with Crippen molar-refractivity contribution in [3.63, 3.8) is 0 Å². The lowest BCUT2D eigenvalue weighted by Crippen LogP contribution is -2.34. The standard InChI is InChI=1S/C17H24N2O/c1-13-8-9-14(7-6-10-18)11-15(13)16(20)19(5)12-17(2,3)4/h8-9,11H,10,12,18H2,1-5H3. The van der Waals surface area contributed by atoms with E-state index in [2.05, 4.69) is 32.6 Å². The molecule has 108 valence electrons. The minimum atomic E-state index is 0.0359. The minimum Gasteiger partial charge on any atom is -0.341 e. The van der Waals surface area contributed by atoms with Gasteiger partial charge in [-0.25, -0.2) is 0 Å². The van der Waals surface area contributed by atoms with Crippen LogP contribution in [0.25, 0.3) is 0 Å². The first-order valence-corrected chi connectivity index (χ1v) is 6.79. The number of benzene rings is 1. The molecule has 0 aliphatic heterocycles. The summed E-state index contributed by atoms with van der Waals surface area (Å²) in [6.07, 6.45) is 0. The average molecular weight is 272 g/mol. The Balaban J connectivity index is 3.03. The van der Waals surface area contributed by atoms with E-state index in [1.165, 1.54) is 0 Å². The van der Waals surface area contributed by atoms with Crippen molar-refractivity contribution in [1.82, 2.24) is 4.90 Å². The van der Waals surface area contributed by atoms with E-state index in [0.29, 0.717) is 18.7 Å². The fourth-order valence-electron chi connectivity index (χ4n) is 2.07. The molecule has 0 spiro atoms.